The number of carbonyl (C=O) groups excluding carboxylic acids is 1. The van der Waals surface area contributed by atoms with Crippen LogP contribution in [0.4, 0.5) is 11.4 Å². The lowest BCUT2D eigenvalue weighted by Crippen LogP contribution is -2.14. The van der Waals surface area contributed by atoms with Crippen LogP contribution in [0.1, 0.15) is 10.4 Å². The van der Waals surface area contributed by atoms with E-state index in [1.807, 2.05) is 6.07 Å². The maximum absolute atomic E-state index is 12.4. The van der Waals surface area contributed by atoms with Crippen molar-refractivity contribution in [2.75, 3.05) is 24.8 Å². The van der Waals surface area contributed by atoms with Crippen LogP contribution in [0, 0.1) is 0 Å². The summed E-state index contributed by atoms with van der Waals surface area (Å²) in [4.78, 5) is 12.4. The molecule has 0 aliphatic rings. The van der Waals surface area contributed by atoms with Gasteiger partial charge in [0.2, 0.25) is 0 Å². The fourth-order valence-corrected chi connectivity index (χ4v) is 2.36. The highest BCUT2D eigenvalue weighted by atomic mass is 79.9. The lowest BCUT2D eigenvalue weighted by molar-refractivity contribution is 0.102. The van der Waals surface area contributed by atoms with E-state index in [4.69, 9.17) is 16.3 Å². The largest absolute Gasteiger partial charge is 0.497 e. The third kappa shape index (κ3) is 3.68. The molecule has 2 N–H and O–H groups in total. The molecule has 0 bridgehead atoms. The molecule has 21 heavy (non-hydrogen) atoms. The molecule has 0 unspecified atom stereocenters. The normalized spacial score (nSPS) is 10.1. The van der Waals surface area contributed by atoms with Gasteiger partial charge >= 0.3 is 0 Å². The highest BCUT2D eigenvalue weighted by molar-refractivity contribution is 9.10. The zero-order valence-electron chi connectivity index (χ0n) is 11.5. The molecular formula is C15H14BrClN2O2. The number of hydrogen-bond acceptors (Lipinski definition) is 3. The van der Waals surface area contributed by atoms with Crippen LogP contribution in [0.15, 0.2) is 40.9 Å². The second kappa shape index (κ2) is 6.83. The maximum atomic E-state index is 12.4. The number of carbonyl (C=O) groups is 1. The minimum absolute atomic E-state index is 0.254. The molecule has 0 spiro atoms. The van der Waals surface area contributed by atoms with Gasteiger partial charge in [-0.2, -0.15) is 0 Å². The van der Waals surface area contributed by atoms with Gasteiger partial charge in [0, 0.05) is 28.3 Å². The molecule has 0 aliphatic carbocycles. The van der Waals surface area contributed by atoms with Crippen LogP contribution in [-0.2, 0) is 0 Å². The third-order valence-corrected chi connectivity index (χ3v) is 3.84. The lowest BCUT2D eigenvalue weighted by atomic mass is 10.1. The second-order valence-corrected chi connectivity index (χ2v) is 5.53. The van der Waals surface area contributed by atoms with E-state index < -0.39 is 0 Å². The van der Waals surface area contributed by atoms with Crippen molar-refractivity contribution >= 4 is 44.8 Å². The Morgan fingerprint density at radius 2 is 1.95 bits per heavy atom. The maximum Gasteiger partial charge on any atom is 0.257 e. The molecule has 0 heterocycles. The molecule has 4 nitrogen and oxygen atoms in total. The molecule has 0 aliphatic heterocycles. The van der Waals surface area contributed by atoms with Gasteiger partial charge in [-0.15, -0.1) is 0 Å². The molecule has 0 aromatic heterocycles. The predicted molar refractivity (Wildman–Crippen MR) is 89.6 cm³/mol. The van der Waals surface area contributed by atoms with Crippen molar-refractivity contribution in [3.63, 3.8) is 0 Å². The van der Waals surface area contributed by atoms with Gasteiger partial charge < -0.3 is 15.4 Å². The number of methoxy groups -OCH3 is 1. The Kier molecular flexibility index (Phi) is 5.09. The van der Waals surface area contributed by atoms with E-state index >= 15 is 0 Å². The van der Waals surface area contributed by atoms with Crippen molar-refractivity contribution in [1.29, 1.82) is 0 Å². The monoisotopic (exact) mass is 368 g/mol. The summed E-state index contributed by atoms with van der Waals surface area (Å²) in [5, 5.41) is 6.31. The van der Waals surface area contributed by atoms with Crippen LogP contribution in [0.2, 0.25) is 5.02 Å². The van der Waals surface area contributed by atoms with Gasteiger partial charge in [-0.25, -0.2) is 0 Å². The smallest absolute Gasteiger partial charge is 0.257 e. The number of benzene rings is 2. The Balaban J connectivity index is 2.32. The van der Waals surface area contributed by atoms with E-state index in [1.165, 1.54) is 0 Å². The summed E-state index contributed by atoms with van der Waals surface area (Å²) in [6, 6.07) is 10.5. The quantitative estimate of drug-likeness (QED) is 0.839. The van der Waals surface area contributed by atoms with Crippen LogP contribution in [0.5, 0.6) is 5.75 Å². The van der Waals surface area contributed by atoms with Crippen molar-refractivity contribution in [2.24, 2.45) is 0 Å². The number of hydrogen-bond donors (Lipinski definition) is 2. The molecule has 110 valence electrons. The van der Waals surface area contributed by atoms with E-state index in [0.717, 1.165) is 4.47 Å². The zero-order chi connectivity index (χ0) is 15.4. The Morgan fingerprint density at radius 1 is 1.19 bits per heavy atom. The minimum Gasteiger partial charge on any atom is -0.497 e. The van der Waals surface area contributed by atoms with E-state index in [2.05, 4.69) is 26.6 Å². The van der Waals surface area contributed by atoms with E-state index in [9.17, 15) is 4.79 Å². The summed E-state index contributed by atoms with van der Waals surface area (Å²) in [6.07, 6.45) is 0. The van der Waals surface area contributed by atoms with Crippen molar-refractivity contribution < 1.29 is 9.53 Å². The van der Waals surface area contributed by atoms with Gasteiger partial charge in [0.15, 0.2) is 0 Å². The predicted octanol–water partition coefficient (Wildman–Crippen LogP) is 4.41. The Bertz CT molecular complexity index is 677. The minimum atomic E-state index is -0.254. The standard InChI is InChI=1S/C15H14BrClN2O2/c1-18-13-6-3-9(17)7-11(13)15(20)19-14-8-10(21-2)4-5-12(14)16/h3-8,18H,1-2H3,(H,19,20). The second-order valence-electron chi connectivity index (χ2n) is 4.24. The summed E-state index contributed by atoms with van der Waals surface area (Å²) in [5.41, 5.74) is 1.80. The first-order valence-electron chi connectivity index (χ1n) is 6.17. The summed E-state index contributed by atoms with van der Waals surface area (Å²) < 4.78 is 5.92. The van der Waals surface area contributed by atoms with Gasteiger partial charge in [0.25, 0.3) is 5.91 Å². The summed E-state index contributed by atoms with van der Waals surface area (Å²) in [7, 11) is 3.33. The number of halogens is 2. The molecule has 0 radical (unpaired) electrons. The fourth-order valence-electron chi connectivity index (χ4n) is 1.84. The van der Waals surface area contributed by atoms with Crippen molar-refractivity contribution in [3.8, 4) is 5.75 Å². The van der Waals surface area contributed by atoms with Crippen LogP contribution in [-0.4, -0.2) is 20.1 Å². The molecule has 1 amide bonds. The molecule has 6 heteroatoms. The third-order valence-electron chi connectivity index (χ3n) is 2.92. The van der Waals surface area contributed by atoms with Crippen molar-refractivity contribution in [3.05, 3.63) is 51.5 Å². The van der Waals surface area contributed by atoms with Gasteiger partial charge in [-0.1, -0.05) is 11.6 Å². The van der Waals surface area contributed by atoms with E-state index in [1.54, 1.807) is 44.5 Å². The Hall–Kier alpha value is -1.72. The fraction of sp³-hybridized carbons (Fsp3) is 0.133. The van der Waals surface area contributed by atoms with Gasteiger partial charge in [-0.05, 0) is 46.3 Å². The van der Waals surface area contributed by atoms with Crippen LogP contribution >= 0.6 is 27.5 Å². The van der Waals surface area contributed by atoms with Crippen LogP contribution in [0.3, 0.4) is 0 Å². The molecule has 0 saturated heterocycles. The number of amides is 1. The molecule has 2 aromatic carbocycles. The molecule has 0 saturated carbocycles. The number of rotatable bonds is 4. The zero-order valence-corrected chi connectivity index (χ0v) is 13.9. The molecule has 2 rings (SSSR count). The van der Waals surface area contributed by atoms with Crippen LogP contribution < -0.4 is 15.4 Å². The first-order chi connectivity index (χ1) is 10.0. The SMILES string of the molecule is CNc1ccc(Cl)cc1C(=O)Nc1cc(OC)ccc1Br. The highest BCUT2D eigenvalue weighted by Crippen LogP contribution is 2.28. The molecule has 2 aromatic rings. The van der Waals surface area contributed by atoms with Crippen molar-refractivity contribution in [1.82, 2.24) is 0 Å². The molecule has 0 fully saturated rings. The van der Waals surface area contributed by atoms with Gasteiger partial charge in [0.1, 0.15) is 5.75 Å². The topological polar surface area (TPSA) is 50.4 Å². The summed E-state index contributed by atoms with van der Waals surface area (Å²) in [6.45, 7) is 0. The number of ether oxygens (including phenoxy) is 1. The highest BCUT2D eigenvalue weighted by Gasteiger charge is 2.13. The summed E-state index contributed by atoms with van der Waals surface area (Å²) >= 11 is 9.36. The first kappa shape index (κ1) is 15.7. The average molecular weight is 370 g/mol. The Morgan fingerprint density at radius 3 is 2.62 bits per heavy atom. The van der Waals surface area contributed by atoms with E-state index in [-0.39, 0.29) is 5.91 Å². The lowest BCUT2D eigenvalue weighted by Gasteiger charge is -2.12. The molecular weight excluding hydrogens is 356 g/mol. The first-order valence-corrected chi connectivity index (χ1v) is 7.34. The van der Waals surface area contributed by atoms with Crippen molar-refractivity contribution in [2.45, 2.75) is 0 Å². The average Bonchev–Trinajstić information content (AvgIpc) is 2.49. The molecule has 0 atom stereocenters. The van der Waals surface area contributed by atoms with E-state index in [0.29, 0.717) is 27.7 Å². The van der Waals surface area contributed by atoms with Gasteiger partial charge in [-0.3, -0.25) is 4.79 Å². The summed E-state index contributed by atoms with van der Waals surface area (Å²) in [5.74, 6) is 0.407. The van der Waals surface area contributed by atoms with Gasteiger partial charge in [0.05, 0.1) is 18.4 Å². The number of nitrogens with one attached hydrogen (secondary N) is 2. The number of anilines is 2. The van der Waals surface area contributed by atoms with Crippen LogP contribution in [0.25, 0.3) is 0 Å². The Labute approximate surface area is 136 Å².